The number of hydrogen-bond acceptors (Lipinski definition) is 0. The van der Waals surface area contributed by atoms with Gasteiger partial charge in [0.15, 0.2) is 0 Å². The Morgan fingerprint density at radius 3 is 0.838 bits per heavy atom. The Kier molecular flexibility index (Phi) is 9.04. The molecule has 0 spiro atoms. The van der Waals surface area contributed by atoms with Crippen molar-refractivity contribution in [3.63, 3.8) is 0 Å². The molecule has 16 aromatic rings. The fourth-order valence-corrected chi connectivity index (χ4v) is 14.9. The quantitative estimate of drug-likeness (QED) is 0.115. The maximum Gasteiger partial charge on any atom is -0.000718 e. The minimum atomic E-state index is 1.21. The predicted molar refractivity (Wildman–Crippen MR) is 342 cm³/mol. The molecule has 0 aliphatic heterocycles. The van der Waals surface area contributed by atoms with Crippen molar-refractivity contribution in [2.24, 2.45) is 0 Å². The lowest BCUT2D eigenvalue weighted by Crippen LogP contribution is -1.95. The van der Waals surface area contributed by atoms with Gasteiger partial charge in [0.25, 0.3) is 0 Å². The van der Waals surface area contributed by atoms with Crippen molar-refractivity contribution >= 4 is 75.4 Å². The molecule has 0 heterocycles. The van der Waals surface area contributed by atoms with Gasteiger partial charge in [-0.15, -0.1) is 0 Å². The van der Waals surface area contributed by atoms with Crippen molar-refractivity contribution in [1.29, 1.82) is 0 Å². The normalized spacial score (nSPS) is 12.2. The Hall–Kier alpha value is -10.4. The van der Waals surface area contributed by atoms with E-state index < -0.39 is 0 Å². The summed E-state index contributed by atoms with van der Waals surface area (Å²) in [6.07, 6.45) is 0. The van der Waals surface area contributed by atoms with E-state index in [1.165, 1.54) is 187 Å². The van der Waals surface area contributed by atoms with Crippen LogP contribution in [0.25, 0.3) is 187 Å². The fourth-order valence-electron chi connectivity index (χ4n) is 14.9. The molecule has 0 saturated heterocycles. The van der Waals surface area contributed by atoms with Gasteiger partial charge in [-0.3, -0.25) is 0 Å². The molecule has 0 heteroatoms. The van der Waals surface area contributed by atoms with Crippen LogP contribution in [0.1, 0.15) is 0 Å². The Morgan fingerprint density at radius 2 is 0.425 bits per heavy atom. The molecule has 80 heavy (non-hydrogen) atoms. The highest BCUT2D eigenvalue weighted by Gasteiger charge is 2.36. The largest absolute Gasteiger partial charge is 0.0622 e. The Labute approximate surface area is 463 Å². The van der Waals surface area contributed by atoms with E-state index >= 15 is 0 Å². The van der Waals surface area contributed by atoms with Gasteiger partial charge in [-0.1, -0.05) is 267 Å². The second-order valence-electron chi connectivity index (χ2n) is 22.0. The molecule has 0 unspecified atom stereocenters. The second-order valence-corrected chi connectivity index (χ2v) is 22.0. The molecule has 16 aromatic carbocycles. The molecule has 0 fully saturated rings. The van der Waals surface area contributed by atoms with E-state index in [4.69, 9.17) is 0 Å². The van der Waals surface area contributed by atoms with Gasteiger partial charge >= 0.3 is 0 Å². The van der Waals surface area contributed by atoms with Crippen molar-refractivity contribution in [3.05, 3.63) is 279 Å². The monoisotopic (exact) mass is 1010 g/mol. The topological polar surface area (TPSA) is 0 Å². The molecule has 0 radical (unpaired) electrons. The minimum absolute atomic E-state index is 1.21. The van der Waals surface area contributed by atoms with E-state index in [0.717, 1.165) is 0 Å². The van der Waals surface area contributed by atoms with E-state index in [1.807, 2.05) is 0 Å². The van der Waals surface area contributed by atoms with Gasteiger partial charge in [-0.05, 0) is 199 Å². The molecule has 0 aromatic heterocycles. The Bertz CT molecular complexity index is 5280. The molecule has 366 valence electrons. The van der Waals surface area contributed by atoms with E-state index in [-0.39, 0.29) is 0 Å². The summed E-state index contributed by atoms with van der Waals surface area (Å²) in [7, 11) is 0. The zero-order valence-corrected chi connectivity index (χ0v) is 43.6. The zero-order valence-electron chi connectivity index (χ0n) is 43.6. The van der Waals surface area contributed by atoms with Crippen LogP contribution in [0.2, 0.25) is 0 Å². The molecule has 0 nitrogen and oxygen atoms in total. The van der Waals surface area contributed by atoms with Crippen LogP contribution in [0.3, 0.4) is 0 Å². The van der Waals surface area contributed by atoms with Crippen LogP contribution in [0.5, 0.6) is 0 Å². The molecule has 0 atom stereocenters. The lowest BCUT2D eigenvalue weighted by molar-refractivity contribution is 1.59. The van der Waals surface area contributed by atoms with Crippen LogP contribution in [0.15, 0.2) is 279 Å². The summed E-state index contributed by atoms with van der Waals surface area (Å²) in [4.78, 5) is 0. The molecule has 18 rings (SSSR count). The molecule has 0 bridgehead atoms. The van der Waals surface area contributed by atoms with Crippen LogP contribution in [-0.2, 0) is 0 Å². The summed E-state index contributed by atoms with van der Waals surface area (Å²) >= 11 is 0. The standard InChI is InChI=1S/C80H46/c1-5-21-47(22-6-1)53-31-15-17-33-55(53)73-58-36-20-19-35-57(58)69(49-25-9-3-10-26-49)77-63-41-37-59-62-40-44-66-76-64(42-38-60(72(62)76)61-39-43-65(79(73)77)75(63)71(59)61)78-70(50-27-11-4-12-28-50)67-45-51-29-13-14-30-52(51)46-68(67)74(80(66)78)56-34-18-16-32-54(56)48-23-7-2-8-24-48/h1-46H. The first kappa shape index (κ1) is 43.7. The first-order valence-corrected chi connectivity index (χ1v) is 28.0. The summed E-state index contributed by atoms with van der Waals surface area (Å²) in [5.41, 5.74) is 25.5. The van der Waals surface area contributed by atoms with Gasteiger partial charge in [-0.25, -0.2) is 0 Å². The summed E-state index contributed by atoms with van der Waals surface area (Å²) in [5, 5.41) is 18.1. The first-order chi connectivity index (χ1) is 39.8. The average molecular weight is 1010 g/mol. The predicted octanol–water partition coefficient (Wildman–Crippen LogP) is 22.5. The van der Waals surface area contributed by atoms with Crippen LogP contribution in [0, 0.1) is 0 Å². The molecule has 0 N–H and O–H groups in total. The van der Waals surface area contributed by atoms with Crippen molar-refractivity contribution in [2.75, 3.05) is 0 Å². The lowest BCUT2D eigenvalue weighted by Gasteiger charge is -2.22. The Morgan fingerprint density at radius 1 is 0.138 bits per heavy atom. The van der Waals surface area contributed by atoms with Gasteiger partial charge < -0.3 is 0 Å². The van der Waals surface area contributed by atoms with Gasteiger partial charge in [0.2, 0.25) is 0 Å². The highest BCUT2D eigenvalue weighted by Crippen LogP contribution is 2.63. The van der Waals surface area contributed by atoms with Gasteiger partial charge in [0.1, 0.15) is 0 Å². The average Bonchev–Trinajstić information content (AvgIpc) is 4.15. The molecule has 2 aliphatic carbocycles. The maximum absolute atomic E-state index is 2.48. The smallest absolute Gasteiger partial charge is 0.000718 e. The van der Waals surface area contributed by atoms with Crippen LogP contribution in [-0.4, -0.2) is 0 Å². The van der Waals surface area contributed by atoms with Gasteiger partial charge in [0, 0.05) is 0 Å². The second kappa shape index (κ2) is 16.6. The highest BCUT2D eigenvalue weighted by molar-refractivity contribution is 6.42. The van der Waals surface area contributed by atoms with E-state index in [1.54, 1.807) is 0 Å². The molecule has 0 amide bonds. The van der Waals surface area contributed by atoms with Gasteiger partial charge in [-0.2, -0.15) is 0 Å². The maximum atomic E-state index is 2.48. The third-order valence-electron chi connectivity index (χ3n) is 18.1. The first-order valence-electron chi connectivity index (χ1n) is 28.0. The van der Waals surface area contributed by atoms with Crippen LogP contribution >= 0.6 is 0 Å². The van der Waals surface area contributed by atoms with Crippen molar-refractivity contribution in [2.45, 2.75) is 0 Å². The summed E-state index contributed by atoms with van der Waals surface area (Å²) in [6, 6.07) is 105. The van der Waals surface area contributed by atoms with Gasteiger partial charge in [0.05, 0.1) is 0 Å². The van der Waals surface area contributed by atoms with E-state index in [2.05, 4.69) is 279 Å². The lowest BCUT2D eigenvalue weighted by atomic mass is 9.80. The van der Waals surface area contributed by atoms with Crippen molar-refractivity contribution in [3.8, 4) is 111 Å². The number of rotatable bonds is 6. The highest BCUT2D eigenvalue weighted by atomic mass is 14.4. The number of hydrogen-bond donors (Lipinski definition) is 0. The summed E-state index contributed by atoms with van der Waals surface area (Å²) < 4.78 is 0. The summed E-state index contributed by atoms with van der Waals surface area (Å²) in [5.74, 6) is 0. The van der Waals surface area contributed by atoms with Crippen LogP contribution in [0.4, 0.5) is 0 Å². The van der Waals surface area contributed by atoms with Crippen LogP contribution < -0.4 is 0 Å². The minimum Gasteiger partial charge on any atom is -0.0622 e. The molecule has 2 aliphatic rings. The third kappa shape index (κ3) is 5.89. The SMILES string of the molecule is c1ccc(-c2ccccc2-c2c3c(c(-c4ccccc4)c4ccccc24)-c2ccc4c5ccc6c7c(ccc(c8ccc-3c2c84)c75)-c2c-6c(-c3ccccc3-c3ccccc3)c3cc4ccccc4cc3c2-c2ccccc2)cc1. The van der Waals surface area contributed by atoms with E-state index in [0.29, 0.717) is 0 Å². The fraction of sp³-hybridized carbons (Fsp3) is 0. The molecular weight excluding hydrogens is 961 g/mol. The number of fused-ring (bicyclic) bond motifs is 11. The number of benzene rings is 16. The molecule has 0 saturated carbocycles. The Balaban J connectivity index is 0.970. The molecular formula is C80H46. The third-order valence-corrected chi connectivity index (χ3v) is 18.1. The van der Waals surface area contributed by atoms with Crippen molar-refractivity contribution < 1.29 is 0 Å². The summed E-state index contributed by atoms with van der Waals surface area (Å²) in [6.45, 7) is 0. The zero-order chi connectivity index (χ0) is 52.2. The van der Waals surface area contributed by atoms with Crippen molar-refractivity contribution in [1.82, 2.24) is 0 Å². The van der Waals surface area contributed by atoms with E-state index in [9.17, 15) is 0 Å².